The minimum absolute atomic E-state index is 0.373. The molecule has 0 radical (unpaired) electrons. The molecule has 0 spiro atoms. The first kappa shape index (κ1) is 25.1. The van der Waals surface area contributed by atoms with E-state index in [2.05, 4.69) is 6.92 Å². The molecule has 0 aromatic rings. The fourth-order valence-corrected chi connectivity index (χ4v) is 2.48. The van der Waals surface area contributed by atoms with Crippen molar-refractivity contribution in [3.8, 4) is 0 Å². The Labute approximate surface area is 143 Å². The first-order valence-electron chi connectivity index (χ1n) is 9.22. The second-order valence-electron chi connectivity index (χ2n) is 6.12. The van der Waals surface area contributed by atoms with Gasteiger partial charge in [0.15, 0.2) is 0 Å². The van der Waals surface area contributed by atoms with Crippen molar-refractivity contribution < 1.29 is 22.6 Å². The molecule has 0 fully saturated rings. The van der Waals surface area contributed by atoms with E-state index in [4.69, 9.17) is 22.6 Å². The monoisotopic (exact) mass is 354 g/mol. The zero-order chi connectivity index (χ0) is 17.8. The summed E-state index contributed by atoms with van der Waals surface area (Å²) in [5.74, 6) is 0. The van der Waals surface area contributed by atoms with Crippen LogP contribution in [0.5, 0.6) is 0 Å². The topological polar surface area (TPSA) is 94.8 Å². The smallest absolute Gasteiger partial charge is 0.394 e. The van der Waals surface area contributed by atoms with Crippen LogP contribution >= 0.6 is 0 Å². The largest absolute Gasteiger partial charge is 0.396 e. The fraction of sp³-hybridized carbons (Fsp3) is 1.00. The summed E-state index contributed by atoms with van der Waals surface area (Å²) in [4.78, 5) is 0. The maximum Gasteiger partial charge on any atom is 0.394 e. The first-order chi connectivity index (χ1) is 10.9. The van der Waals surface area contributed by atoms with Crippen LogP contribution < -0.4 is 0 Å². The Balaban J connectivity index is 0. The summed E-state index contributed by atoms with van der Waals surface area (Å²) in [6.45, 7) is 2.65. The van der Waals surface area contributed by atoms with Gasteiger partial charge in [0, 0.05) is 6.61 Å². The molecule has 3 N–H and O–H groups in total. The van der Waals surface area contributed by atoms with Crippen molar-refractivity contribution in [3.05, 3.63) is 0 Å². The van der Waals surface area contributed by atoms with Gasteiger partial charge in [0.1, 0.15) is 0 Å². The maximum atomic E-state index is 8.74. The minimum atomic E-state index is -4.67. The molecular formula is C17H38O5S. The Kier molecular flexibility index (Phi) is 21.7. The minimum Gasteiger partial charge on any atom is -0.396 e. The molecule has 0 aliphatic heterocycles. The third kappa shape index (κ3) is 39.0. The van der Waals surface area contributed by atoms with E-state index in [0.717, 1.165) is 6.42 Å². The van der Waals surface area contributed by atoms with Crippen LogP contribution in [-0.2, 0) is 10.4 Å². The van der Waals surface area contributed by atoms with Gasteiger partial charge in [-0.25, -0.2) is 0 Å². The Morgan fingerprint density at radius 3 is 1.00 bits per heavy atom. The zero-order valence-electron chi connectivity index (χ0n) is 14.9. The zero-order valence-corrected chi connectivity index (χ0v) is 15.7. The van der Waals surface area contributed by atoms with Crippen molar-refractivity contribution in [2.24, 2.45) is 0 Å². The van der Waals surface area contributed by atoms with Crippen LogP contribution in [0.2, 0.25) is 0 Å². The molecule has 0 bridgehead atoms. The molecule has 0 aromatic carbocycles. The van der Waals surface area contributed by atoms with Crippen LogP contribution in [0.4, 0.5) is 0 Å². The normalized spacial score (nSPS) is 11.1. The molecule has 0 heterocycles. The Bertz CT molecular complexity index is 280. The second-order valence-corrected chi connectivity index (χ2v) is 7.02. The highest BCUT2D eigenvalue weighted by atomic mass is 32.3. The van der Waals surface area contributed by atoms with E-state index in [9.17, 15) is 0 Å². The Morgan fingerprint density at radius 2 is 0.783 bits per heavy atom. The number of aliphatic hydroxyl groups is 1. The first-order valence-corrected chi connectivity index (χ1v) is 10.6. The summed E-state index contributed by atoms with van der Waals surface area (Å²) >= 11 is 0. The highest BCUT2D eigenvalue weighted by Gasteiger charge is 1.93. The van der Waals surface area contributed by atoms with Crippen molar-refractivity contribution in [1.82, 2.24) is 0 Å². The molecule has 0 aromatic heterocycles. The lowest BCUT2D eigenvalue weighted by Crippen LogP contribution is -1.89. The van der Waals surface area contributed by atoms with Gasteiger partial charge in [-0.3, -0.25) is 9.11 Å². The average Bonchev–Trinajstić information content (AvgIpc) is 2.46. The predicted molar refractivity (Wildman–Crippen MR) is 96.2 cm³/mol. The van der Waals surface area contributed by atoms with Crippen molar-refractivity contribution in [2.45, 2.75) is 103 Å². The molecular weight excluding hydrogens is 316 g/mol. The molecule has 6 heteroatoms. The summed E-state index contributed by atoms with van der Waals surface area (Å²) in [7, 11) is -4.67. The average molecular weight is 355 g/mol. The van der Waals surface area contributed by atoms with Crippen molar-refractivity contribution in [2.75, 3.05) is 6.61 Å². The summed E-state index contributed by atoms with van der Waals surface area (Å²) < 4.78 is 31.6. The van der Waals surface area contributed by atoms with Crippen LogP contribution in [0.1, 0.15) is 103 Å². The quantitative estimate of drug-likeness (QED) is 0.277. The number of rotatable bonds is 15. The molecule has 0 atom stereocenters. The molecule has 0 amide bonds. The maximum absolute atomic E-state index is 8.74. The van der Waals surface area contributed by atoms with Crippen LogP contribution in [0.25, 0.3) is 0 Å². The summed E-state index contributed by atoms with van der Waals surface area (Å²) in [5.41, 5.74) is 0. The van der Waals surface area contributed by atoms with Crippen molar-refractivity contribution >= 4 is 10.4 Å². The molecule has 23 heavy (non-hydrogen) atoms. The lowest BCUT2D eigenvalue weighted by Gasteiger charge is -2.02. The van der Waals surface area contributed by atoms with E-state index in [1.54, 1.807) is 0 Å². The predicted octanol–water partition coefficient (Wildman–Crippen LogP) is 5.20. The summed E-state index contributed by atoms with van der Waals surface area (Å²) in [6.07, 6.45) is 20.7. The molecule has 0 rings (SSSR count). The SMILES string of the molecule is CCCCCCCCCCCCCCCCCO.O=S(=O)(O)O. The molecule has 0 aliphatic carbocycles. The van der Waals surface area contributed by atoms with Gasteiger partial charge in [-0.05, 0) is 6.42 Å². The third-order valence-electron chi connectivity index (χ3n) is 3.76. The highest BCUT2D eigenvalue weighted by molar-refractivity contribution is 7.79. The van der Waals surface area contributed by atoms with Crippen molar-refractivity contribution in [3.63, 3.8) is 0 Å². The lowest BCUT2D eigenvalue weighted by atomic mass is 10.0. The van der Waals surface area contributed by atoms with Gasteiger partial charge >= 0.3 is 10.4 Å². The summed E-state index contributed by atoms with van der Waals surface area (Å²) in [5, 5.41) is 8.66. The summed E-state index contributed by atoms with van der Waals surface area (Å²) in [6, 6.07) is 0. The molecule has 0 unspecified atom stereocenters. The van der Waals surface area contributed by atoms with Gasteiger partial charge in [-0.15, -0.1) is 0 Å². The number of unbranched alkanes of at least 4 members (excludes halogenated alkanes) is 14. The third-order valence-corrected chi connectivity index (χ3v) is 3.76. The van der Waals surface area contributed by atoms with E-state index in [-0.39, 0.29) is 0 Å². The molecule has 142 valence electrons. The molecule has 0 aliphatic rings. The lowest BCUT2D eigenvalue weighted by molar-refractivity contribution is 0.282. The van der Waals surface area contributed by atoms with Gasteiger partial charge in [0.2, 0.25) is 0 Å². The van der Waals surface area contributed by atoms with E-state index in [1.807, 2.05) is 0 Å². The van der Waals surface area contributed by atoms with Gasteiger partial charge in [-0.1, -0.05) is 96.8 Å². The highest BCUT2D eigenvalue weighted by Crippen LogP contribution is 2.13. The van der Waals surface area contributed by atoms with Gasteiger partial charge in [0.25, 0.3) is 0 Å². The van der Waals surface area contributed by atoms with E-state index in [0.29, 0.717) is 6.61 Å². The number of hydrogen-bond donors (Lipinski definition) is 3. The van der Waals surface area contributed by atoms with Gasteiger partial charge < -0.3 is 5.11 Å². The van der Waals surface area contributed by atoms with Crippen molar-refractivity contribution in [1.29, 1.82) is 0 Å². The van der Waals surface area contributed by atoms with Crippen LogP contribution in [-0.4, -0.2) is 29.2 Å². The fourth-order valence-electron chi connectivity index (χ4n) is 2.48. The number of aliphatic hydroxyl groups excluding tert-OH is 1. The van der Waals surface area contributed by atoms with E-state index >= 15 is 0 Å². The number of hydrogen-bond acceptors (Lipinski definition) is 3. The van der Waals surface area contributed by atoms with E-state index in [1.165, 1.54) is 89.9 Å². The van der Waals surface area contributed by atoms with Crippen LogP contribution in [0, 0.1) is 0 Å². The van der Waals surface area contributed by atoms with E-state index < -0.39 is 10.4 Å². The molecule has 0 saturated carbocycles. The second kappa shape index (κ2) is 19.9. The van der Waals surface area contributed by atoms with Crippen LogP contribution in [0.15, 0.2) is 0 Å². The molecule has 0 saturated heterocycles. The van der Waals surface area contributed by atoms with Crippen LogP contribution in [0.3, 0.4) is 0 Å². The standard InChI is InChI=1S/C17H36O.H2O4S/c1-2-3-4-5-6-7-8-9-10-11-12-13-14-15-16-17-18;1-5(2,3)4/h18H,2-17H2,1H3;(H2,1,2,3,4). The van der Waals surface area contributed by atoms with Gasteiger partial charge in [-0.2, -0.15) is 8.42 Å². The van der Waals surface area contributed by atoms with Gasteiger partial charge in [0.05, 0.1) is 0 Å². The Morgan fingerprint density at radius 1 is 0.565 bits per heavy atom. The Hall–Kier alpha value is -0.170. The molecule has 5 nitrogen and oxygen atoms in total.